The topological polar surface area (TPSA) is 167 Å². The van der Waals surface area contributed by atoms with Crippen LogP contribution in [0.3, 0.4) is 0 Å². The highest BCUT2D eigenvalue weighted by Gasteiger charge is 2.17. The number of hydrogen-bond donors (Lipinski definition) is 3. The number of benzene rings is 2. The van der Waals surface area contributed by atoms with Gasteiger partial charge in [-0.25, -0.2) is 14.4 Å². The van der Waals surface area contributed by atoms with Gasteiger partial charge in [-0.2, -0.15) is 5.10 Å². The van der Waals surface area contributed by atoms with Gasteiger partial charge < -0.3 is 19.5 Å². The van der Waals surface area contributed by atoms with Gasteiger partial charge in [0.1, 0.15) is 17.7 Å². The molecule has 0 unspecified atom stereocenters. The molecule has 0 aliphatic heterocycles. The van der Waals surface area contributed by atoms with E-state index in [9.17, 15) is 9.50 Å². The number of aliphatic hydroxyl groups excluding tert-OH is 1. The zero-order chi connectivity index (χ0) is 22.6. The molecular weight excluding hydrogens is 429 g/mol. The number of aryl methyl sites for hydroxylation is 1. The monoisotopic (exact) mass is 445 g/mol. The number of para-hydroxylation sites is 1. The van der Waals surface area contributed by atoms with Crippen molar-refractivity contribution in [2.24, 2.45) is 0 Å². The zero-order valence-electron chi connectivity index (χ0n) is 16.0. The number of aliphatic hydroxyl groups is 1. The van der Waals surface area contributed by atoms with E-state index < -0.39 is 16.5 Å². The zero-order valence-corrected chi connectivity index (χ0v) is 16.8. The van der Waals surface area contributed by atoms with Crippen LogP contribution in [0.4, 0.5) is 16.0 Å². The van der Waals surface area contributed by atoms with Crippen LogP contribution in [0.15, 0.2) is 54.6 Å². The van der Waals surface area contributed by atoms with Crippen molar-refractivity contribution < 1.29 is 27.0 Å². The first-order chi connectivity index (χ1) is 14.6. The van der Waals surface area contributed by atoms with Crippen LogP contribution in [0.25, 0.3) is 10.9 Å². The molecule has 0 spiro atoms. The Morgan fingerprint density at radius 2 is 1.74 bits per heavy atom. The van der Waals surface area contributed by atoms with Crippen LogP contribution in [0.2, 0.25) is 0 Å². The predicted molar refractivity (Wildman–Crippen MR) is 107 cm³/mol. The molecule has 0 bridgehead atoms. The maximum Gasteiger partial charge on any atom is 0.164 e. The summed E-state index contributed by atoms with van der Waals surface area (Å²) in [6.07, 6.45) is -1.07. The summed E-state index contributed by atoms with van der Waals surface area (Å²) in [4.78, 5) is 8.94. The van der Waals surface area contributed by atoms with E-state index in [1.54, 1.807) is 0 Å². The van der Waals surface area contributed by atoms with Crippen LogP contribution in [-0.4, -0.2) is 42.8 Å². The van der Waals surface area contributed by atoms with E-state index in [0.29, 0.717) is 22.7 Å². The average molecular weight is 445 g/mol. The molecule has 0 aliphatic carbocycles. The van der Waals surface area contributed by atoms with Crippen molar-refractivity contribution in [1.82, 2.24) is 20.2 Å². The number of aromatic amines is 1. The molecule has 10 nitrogen and oxygen atoms in total. The van der Waals surface area contributed by atoms with Crippen LogP contribution in [0.5, 0.6) is 0 Å². The Hall–Kier alpha value is -3.45. The molecule has 0 saturated heterocycles. The van der Waals surface area contributed by atoms with E-state index in [4.69, 9.17) is 17.5 Å². The van der Waals surface area contributed by atoms with Gasteiger partial charge in [-0.3, -0.25) is 13.5 Å². The second-order valence-corrected chi connectivity index (χ2v) is 7.19. The van der Waals surface area contributed by atoms with E-state index in [2.05, 4.69) is 25.5 Å². The van der Waals surface area contributed by atoms with Gasteiger partial charge in [0.05, 0.1) is 5.52 Å². The third-order valence-corrected chi connectivity index (χ3v) is 4.00. The Kier molecular flexibility index (Phi) is 6.56. The number of hydrogen-bond acceptors (Lipinski definition) is 9. The number of rotatable bonds is 4. The van der Waals surface area contributed by atoms with Gasteiger partial charge in [-0.1, -0.05) is 24.3 Å². The Labute approximate surface area is 176 Å². The molecule has 4 aromatic rings. The fourth-order valence-corrected chi connectivity index (χ4v) is 2.71. The fraction of sp³-hybridized carbons (Fsp3) is 0.105. The molecule has 2 aromatic heterocycles. The number of halogens is 1. The number of H-pyrrole nitrogens is 1. The molecule has 0 fully saturated rings. The Bertz CT molecular complexity index is 1290. The summed E-state index contributed by atoms with van der Waals surface area (Å²) in [6.45, 7) is 1.90. The van der Waals surface area contributed by atoms with Gasteiger partial charge in [0, 0.05) is 27.5 Å². The van der Waals surface area contributed by atoms with Crippen molar-refractivity contribution in [2.45, 2.75) is 13.0 Å². The van der Waals surface area contributed by atoms with E-state index in [-0.39, 0.29) is 11.6 Å². The minimum absolute atomic E-state index is 0.227. The number of aromatic nitrogens is 4. The molecule has 4 rings (SSSR count). The molecule has 0 amide bonds. The van der Waals surface area contributed by atoms with Gasteiger partial charge in [0.2, 0.25) is 0 Å². The van der Waals surface area contributed by atoms with Crippen molar-refractivity contribution in [3.8, 4) is 0 Å². The van der Waals surface area contributed by atoms with Gasteiger partial charge in [0.25, 0.3) is 0 Å². The van der Waals surface area contributed by atoms with Gasteiger partial charge in [-0.15, -0.1) is 0 Å². The lowest BCUT2D eigenvalue weighted by Crippen LogP contribution is -2.08. The first-order valence-electron chi connectivity index (χ1n) is 8.76. The van der Waals surface area contributed by atoms with Gasteiger partial charge in [0.15, 0.2) is 11.6 Å². The number of fused-ring (bicyclic) bond motifs is 1. The molecule has 0 aliphatic rings. The molecule has 0 saturated carbocycles. The smallest absolute Gasteiger partial charge is 0.164 e. The SMILES string of the molecule is Cc1cc(Nc2nc([C@H](O)c3ccc(F)cc3)nc3ccccc23)n[nH]1.O=S(=O)([O-])[O-]. The molecule has 1 atom stereocenters. The second-order valence-electron chi connectivity index (χ2n) is 6.37. The van der Waals surface area contributed by atoms with Gasteiger partial charge in [-0.05, 0) is 36.8 Å². The van der Waals surface area contributed by atoms with Crippen LogP contribution in [0, 0.1) is 12.7 Å². The van der Waals surface area contributed by atoms with Crippen molar-refractivity contribution in [3.05, 3.63) is 77.5 Å². The van der Waals surface area contributed by atoms with E-state index in [1.165, 1.54) is 24.3 Å². The summed E-state index contributed by atoms with van der Waals surface area (Å²) >= 11 is 0. The van der Waals surface area contributed by atoms with Crippen LogP contribution in [0.1, 0.15) is 23.2 Å². The van der Waals surface area contributed by atoms with E-state index in [0.717, 1.165) is 11.1 Å². The Morgan fingerprint density at radius 3 is 2.35 bits per heavy atom. The summed E-state index contributed by atoms with van der Waals surface area (Å²) in [5.74, 6) is 1.02. The maximum atomic E-state index is 13.1. The average Bonchev–Trinajstić information content (AvgIpc) is 3.11. The number of nitrogens with zero attached hydrogens (tertiary/aromatic N) is 3. The molecule has 31 heavy (non-hydrogen) atoms. The van der Waals surface area contributed by atoms with Crippen LogP contribution in [-0.2, 0) is 10.4 Å². The first-order valence-corrected chi connectivity index (χ1v) is 10.1. The third kappa shape index (κ3) is 6.26. The molecule has 0 radical (unpaired) electrons. The van der Waals surface area contributed by atoms with Crippen molar-refractivity contribution in [1.29, 1.82) is 0 Å². The van der Waals surface area contributed by atoms with Gasteiger partial charge >= 0.3 is 0 Å². The predicted octanol–water partition coefficient (Wildman–Crippen LogP) is 2.29. The largest absolute Gasteiger partial charge is 0.759 e. The summed E-state index contributed by atoms with van der Waals surface area (Å²) in [7, 11) is -5.17. The summed E-state index contributed by atoms with van der Waals surface area (Å²) < 4.78 is 47.2. The third-order valence-electron chi connectivity index (χ3n) is 4.00. The quantitative estimate of drug-likeness (QED) is 0.315. The number of nitrogens with one attached hydrogen (secondary N) is 2. The second kappa shape index (κ2) is 9.14. The van der Waals surface area contributed by atoms with E-state index in [1.807, 2.05) is 37.3 Å². The lowest BCUT2D eigenvalue weighted by atomic mass is 10.1. The maximum absolute atomic E-state index is 13.1. The lowest BCUT2D eigenvalue weighted by molar-refractivity contribution is 0.210. The van der Waals surface area contributed by atoms with Crippen LogP contribution < -0.4 is 5.32 Å². The molecule has 3 N–H and O–H groups in total. The Balaban J connectivity index is 0.000000491. The number of anilines is 2. The highest BCUT2D eigenvalue weighted by molar-refractivity contribution is 7.79. The van der Waals surface area contributed by atoms with Crippen molar-refractivity contribution in [3.63, 3.8) is 0 Å². The molecule has 2 aromatic carbocycles. The van der Waals surface area contributed by atoms with E-state index >= 15 is 0 Å². The highest BCUT2D eigenvalue weighted by Crippen LogP contribution is 2.27. The van der Waals surface area contributed by atoms with Crippen molar-refractivity contribution in [2.75, 3.05) is 5.32 Å². The lowest BCUT2D eigenvalue weighted by Gasteiger charge is -2.13. The fourth-order valence-electron chi connectivity index (χ4n) is 2.71. The normalized spacial score (nSPS) is 12.2. The molecule has 12 heteroatoms. The molecule has 162 valence electrons. The van der Waals surface area contributed by atoms with Crippen molar-refractivity contribution >= 4 is 32.9 Å². The molecule has 2 heterocycles. The standard InChI is InChI=1S/C19H16FN5O.H2O4S/c1-11-10-16(25-24-11)22-18-14-4-2-3-5-15(14)21-19(23-18)17(26)12-6-8-13(20)9-7-12;1-5(2,3)4/h2-10,17,26H,1H3,(H2,21,22,23,24,25);(H2,1,2,3,4)/p-2/t17-;/m1./s1. The summed E-state index contributed by atoms with van der Waals surface area (Å²) in [5.41, 5.74) is 2.12. The summed E-state index contributed by atoms with van der Waals surface area (Å²) in [6, 6.07) is 15.0. The first kappa shape index (κ1) is 22.2. The minimum Gasteiger partial charge on any atom is -0.759 e. The Morgan fingerprint density at radius 1 is 1.10 bits per heavy atom. The minimum atomic E-state index is -5.17. The highest BCUT2D eigenvalue weighted by atomic mass is 32.3. The summed E-state index contributed by atoms with van der Waals surface area (Å²) in [5, 5.41) is 21.6. The molecular formula is C19H16FN5O5S-2. The van der Waals surface area contributed by atoms with Crippen LogP contribution >= 0.6 is 0 Å².